The highest BCUT2D eigenvalue weighted by atomic mass is 16.5. The number of rotatable bonds is 6. The van der Waals surface area contributed by atoms with E-state index < -0.39 is 0 Å². The first-order chi connectivity index (χ1) is 7.69. The number of nitrogens with one attached hydrogen (secondary N) is 1. The van der Waals surface area contributed by atoms with Gasteiger partial charge in [-0.05, 0) is 19.4 Å². The van der Waals surface area contributed by atoms with Gasteiger partial charge in [-0.25, -0.2) is 0 Å². The highest BCUT2D eigenvalue weighted by Crippen LogP contribution is 2.13. The fourth-order valence-electron chi connectivity index (χ4n) is 1.60. The topological polar surface area (TPSA) is 41.5 Å². The van der Waals surface area contributed by atoms with Gasteiger partial charge in [-0.2, -0.15) is 0 Å². The molecule has 0 amide bonds. The van der Waals surface area contributed by atoms with Crippen LogP contribution in [0.1, 0.15) is 25.5 Å². The molecule has 0 saturated carbocycles. The summed E-state index contributed by atoms with van der Waals surface area (Å²) in [4.78, 5) is 0. The van der Waals surface area contributed by atoms with Crippen LogP contribution >= 0.6 is 0 Å². The molecular formula is C13H21NO2. The van der Waals surface area contributed by atoms with E-state index in [0.717, 1.165) is 5.56 Å². The summed E-state index contributed by atoms with van der Waals surface area (Å²) in [6, 6.07) is 10.1. The third-order valence-corrected chi connectivity index (χ3v) is 2.92. The quantitative estimate of drug-likeness (QED) is 0.771. The molecule has 1 aromatic rings. The molecule has 0 aromatic heterocycles. The summed E-state index contributed by atoms with van der Waals surface area (Å²) in [5, 5.41) is 12.7. The minimum Gasteiger partial charge on any atom is -0.394 e. The number of aliphatic hydroxyl groups is 1. The Hall–Kier alpha value is -0.900. The molecular weight excluding hydrogens is 202 g/mol. The van der Waals surface area contributed by atoms with Gasteiger partial charge in [-0.1, -0.05) is 30.3 Å². The Morgan fingerprint density at radius 1 is 1.25 bits per heavy atom. The van der Waals surface area contributed by atoms with E-state index in [4.69, 9.17) is 4.74 Å². The molecule has 3 heteroatoms. The van der Waals surface area contributed by atoms with Crippen molar-refractivity contribution in [3.05, 3.63) is 35.9 Å². The average Bonchev–Trinajstić information content (AvgIpc) is 2.35. The molecule has 1 aromatic carbocycles. The van der Waals surface area contributed by atoms with Gasteiger partial charge in [0.1, 0.15) is 0 Å². The molecule has 0 bridgehead atoms. The lowest BCUT2D eigenvalue weighted by Gasteiger charge is -2.25. The van der Waals surface area contributed by atoms with Crippen molar-refractivity contribution in [3.63, 3.8) is 0 Å². The van der Waals surface area contributed by atoms with Crippen molar-refractivity contribution in [3.8, 4) is 0 Å². The van der Waals surface area contributed by atoms with Crippen molar-refractivity contribution in [1.82, 2.24) is 5.32 Å². The first kappa shape index (κ1) is 13.2. The molecule has 2 unspecified atom stereocenters. The molecule has 2 N–H and O–H groups in total. The van der Waals surface area contributed by atoms with Crippen LogP contribution in [-0.2, 0) is 4.74 Å². The lowest BCUT2D eigenvalue weighted by atomic mass is 10.1. The van der Waals surface area contributed by atoms with E-state index in [2.05, 4.69) is 12.2 Å². The Labute approximate surface area is 97.4 Å². The Kier molecular flexibility index (Phi) is 5.46. The van der Waals surface area contributed by atoms with Crippen molar-refractivity contribution in [1.29, 1.82) is 0 Å². The molecule has 0 spiro atoms. The van der Waals surface area contributed by atoms with Crippen LogP contribution in [0.4, 0.5) is 0 Å². The van der Waals surface area contributed by atoms with Gasteiger partial charge in [0.25, 0.3) is 0 Å². The zero-order valence-electron chi connectivity index (χ0n) is 10.2. The number of benzene rings is 1. The van der Waals surface area contributed by atoms with Crippen LogP contribution in [0.3, 0.4) is 0 Å². The van der Waals surface area contributed by atoms with Gasteiger partial charge in [-0.15, -0.1) is 0 Å². The zero-order chi connectivity index (χ0) is 12.0. The monoisotopic (exact) mass is 223 g/mol. The lowest BCUT2D eigenvalue weighted by molar-refractivity contribution is 0.0797. The van der Waals surface area contributed by atoms with Crippen LogP contribution in [0.15, 0.2) is 30.3 Å². The summed E-state index contributed by atoms with van der Waals surface area (Å²) in [6.07, 6.45) is 0.123. The number of methoxy groups -OCH3 is 1. The third-order valence-electron chi connectivity index (χ3n) is 2.92. The Morgan fingerprint density at radius 2 is 1.88 bits per heavy atom. The Morgan fingerprint density at radius 3 is 2.38 bits per heavy atom. The normalized spacial score (nSPS) is 16.8. The van der Waals surface area contributed by atoms with Crippen LogP contribution in [0.25, 0.3) is 0 Å². The minimum absolute atomic E-state index is 0.0335. The minimum atomic E-state index is -0.0335. The number of ether oxygens (including phenoxy) is 1. The summed E-state index contributed by atoms with van der Waals surface area (Å²) >= 11 is 0. The highest BCUT2D eigenvalue weighted by Gasteiger charge is 2.17. The van der Waals surface area contributed by atoms with Crippen molar-refractivity contribution < 1.29 is 9.84 Å². The van der Waals surface area contributed by atoms with Gasteiger partial charge in [0.05, 0.1) is 18.8 Å². The largest absolute Gasteiger partial charge is 0.394 e. The van der Waals surface area contributed by atoms with Crippen LogP contribution in [-0.4, -0.2) is 31.0 Å². The first-order valence-electron chi connectivity index (χ1n) is 5.63. The second-order valence-electron chi connectivity index (χ2n) is 4.04. The van der Waals surface area contributed by atoms with Crippen LogP contribution in [0.2, 0.25) is 0 Å². The molecule has 1 rings (SSSR count). The van der Waals surface area contributed by atoms with E-state index in [1.807, 2.05) is 37.3 Å². The molecule has 0 heterocycles. The molecule has 3 atom stereocenters. The fourth-order valence-corrected chi connectivity index (χ4v) is 1.60. The number of hydrogen-bond acceptors (Lipinski definition) is 3. The number of hydrogen-bond donors (Lipinski definition) is 2. The first-order valence-corrected chi connectivity index (χ1v) is 5.63. The molecule has 0 radical (unpaired) electrons. The molecule has 0 saturated heterocycles. The summed E-state index contributed by atoms with van der Waals surface area (Å²) in [5.74, 6) is 0. The second kappa shape index (κ2) is 6.63. The number of aliphatic hydroxyl groups excluding tert-OH is 1. The van der Waals surface area contributed by atoms with Gasteiger partial charge in [0.15, 0.2) is 0 Å². The lowest BCUT2D eigenvalue weighted by Crippen LogP contribution is -2.40. The van der Waals surface area contributed by atoms with Crippen molar-refractivity contribution in [2.75, 3.05) is 13.7 Å². The van der Waals surface area contributed by atoms with Crippen LogP contribution in [0.5, 0.6) is 0 Å². The van der Waals surface area contributed by atoms with E-state index in [-0.39, 0.29) is 24.8 Å². The standard InChI is InChI=1S/C13H21NO2/c1-10(11(2)16-3)14-13(9-15)12-7-5-4-6-8-12/h4-8,10-11,13-15H,9H2,1-3H3/t10?,11?,13-/m1/s1. The van der Waals surface area contributed by atoms with Gasteiger partial charge in [0, 0.05) is 13.2 Å². The predicted octanol–water partition coefficient (Wildman–Crippen LogP) is 1.73. The zero-order valence-corrected chi connectivity index (χ0v) is 10.2. The van der Waals surface area contributed by atoms with Gasteiger partial charge in [0.2, 0.25) is 0 Å². The maximum Gasteiger partial charge on any atom is 0.0693 e. The molecule has 90 valence electrons. The van der Waals surface area contributed by atoms with Crippen LogP contribution in [0, 0.1) is 0 Å². The van der Waals surface area contributed by atoms with Crippen molar-refractivity contribution in [2.45, 2.75) is 32.0 Å². The van der Waals surface area contributed by atoms with Gasteiger partial charge in [-0.3, -0.25) is 0 Å². The van der Waals surface area contributed by atoms with Crippen LogP contribution < -0.4 is 5.32 Å². The van der Waals surface area contributed by atoms with E-state index in [1.54, 1.807) is 7.11 Å². The van der Waals surface area contributed by atoms with E-state index in [0.29, 0.717) is 0 Å². The Bertz CT molecular complexity index is 289. The maximum absolute atomic E-state index is 9.38. The molecule has 3 nitrogen and oxygen atoms in total. The third kappa shape index (κ3) is 3.59. The molecule has 0 aliphatic heterocycles. The molecule has 16 heavy (non-hydrogen) atoms. The maximum atomic E-state index is 9.38. The summed E-state index contributed by atoms with van der Waals surface area (Å²) in [5.41, 5.74) is 1.10. The summed E-state index contributed by atoms with van der Waals surface area (Å²) in [7, 11) is 1.69. The fraction of sp³-hybridized carbons (Fsp3) is 0.538. The van der Waals surface area contributed by atoms with Crippen molar-refractivity contribution in [2.24, 2.45) is 0 Å². The predicted molar refractivity (Wildman–Crippen MR) is 65.3 cm³/mol. The van der Waals surface area contributed by atoms with Crippen molar-refractivity contribution >= 4 is 0 Å². The van der Waals surface area contributed by atoms with Gasteiger partial charge >= 0.3 is 0 Å². The second-order valence-corrected chi connectivity index (χ2v) is 4.04. The smallest absolute Gasteiger partial charge is 0.0693 e. The highest BCUT2D eigenvalue weighted by molar-refractivity contribution is 5.19. The molecule has 0 fully saturated rings. The van der Waals surface area contributed by atoms with E-state index in [1.165, 1.54) is 0 Å². The Balaban J connectivity index is 2.62. The molecule has 0 aliphatic carbocycles. The average molecular weight is 223 g/mol. The molecule has 0 aliphatic rings. The van der Waals surface area contributed by atoms with E-state index >= 15 is 0 Å². The summed E-state index contributed by atoms with van der Waals surface area (Å²) < 4.78 is 5.25. The summed E-state index contributed by atoms with van der Waals surface area (Å²) in [6.45, 7) is 4.15. The SMILES string of the molecule is COC(C)C(C)N[C@H](CO)c1ccccc1. The van der Waals surface area contributed by atoms with Gasteiger partial charge < -0.3 is 15.2 Å². The van der Waals surface area contributed by atoms with E-state index in [9.17, 15) is 5.11 Å².